The Labute approximate surface area is 76.7 Å². The van der Waals surface area contributed by atoms with Gasteiger partial charge >= 0.3 is 6.18 Å². The molecule has 0 bridgehead atoms. The van der Waals surface area contributed by atoms with Crippen LogP contribution in [0, 0.1) is 0 Å². The molecule has 0 fully saturated rings. The zero-order valence-corrected chi connectivity index (χ0v) is 6.95. The van der Waals surface area contributed by atoms with Crippen molar-refractivity contribution in [2.45, 2.75) is 18.7 Å². The summed E-state index contributed by atoms with van der Waals surface area (Å²) in [5.74, 6) is -1.87. The van der Waals surface area contributed by atoms with Gasteiger partial charge in [0.15, 0.2) is 0 Å². The highest BCUT2D eigenvalue weighted by Crippen LogP contribution is 2.27. The third kappa shape index (κ3) is 2.42. The summed E-state index contributed by atoms with van der Waals surface area (Å²) in [6.07, 6.45) is -5.84. The lowest BCUT2D eigenvalue weighted by Gasteiger charge is -2.01. The molecule has 0 saturated heterocycles. The fourth-order valence-corrected chi connectivity index (χ4v) is 0.767. The molecule has 14 heavy (non-hydrogen) atoms. The van der Waals surface area contributed by atoms with Gasteiger partial charge in [-0.25, -0.2) is 0 Å². The summed E-state index contributed by atoms with van der Waals surface area (Å²) in [7, 11) is 0. The van der Waals surface area contributed by atoms with Crippen molar-refractivity contribution in [2.24, 2.45) is 5.73 Å². The number of aliphatic hydroxyl groups excluding tert-OH is 1. The van der Waals surface area contributed by atoms with Gasteiger partial charge in [0, 0.05) is 0 Å². The van der Waals surface area contributed by atoms with Gasteiger partial charge in [-0.05, 0) is 13.0 Å². The fraction of sp³-hybridized carbons (Fsp3) is 0.667. The lowest BCUT2D eigenvalue weighted by molar-refractivity contribution is -0.146. The van der Waals surface area contributed by atoms with Crippen molar-refractivity contribution in [3.63, 3.8) is 0 Å². The van der Waals surface area contributed by atoms with Crippen molar-refractivity contribution in [1.82, 2.24) is 10.1 Å². The highest BCUT2D eigenvalue weighted by molar-refractivity contribution is 4.93. The third-order valence-corrected chi connectivity index (χ3v) is 1.42. The molecule has 1 atom stereocenters. The minimum atomic E-state index is -4.66. The number of nitrogens with zero attached hydrogens (tertiary/aromatic N) is 2. The number of hydrogen-bond donors (Lipinski definition) is 2. The van der Waals surface area contributed by atoms with Crippen molar-refractivity contribution < 1.29 is 22.8 Å². The van der Waals surface area contributed by atoms with Gasteiger partial charge in [-0.15, -0.1) is 0 Å². The van der Waals surface area contributed by atoms with Crippen LogP contribution in [0.1, 0.15) is 24.2 Å². The molecule has 0 spiro atoms. The Hall–Kier alpha value is -1.15. The van der Waals surface area contributed by atoms with Crippen LogP contribution in [0.15, 0.2) is 4.52 Å². The Bertz CT molecular complexity index is 299. The van der Waals surface area contributed by atoms with Crippen LogP contribution in [0.25, 0.3) is 0 Å². The average Bonchev–Trinajstić information content (AvgIpc) is 2.51. The second-order valence-corrected chi connectivity index (χ2v) is 2.55. The van der Waals surface area contributed by atoms with Gasteiger partial charge < -0.3 is 15.4 Å². The zero-order valence-electron chi connectivity index (χ0n) is 6.95. The Morgan fingerprint density at radius 1 is 1.50 bits per heavy atom. The summed E-state index contributed by atoms with van der Waals surface area (Å²) in [5, 5.41) is 11.8. The largest absolute Gasteiger partial charge is 0.455 e. The molecule has 0 radical (unpaired) electrons. The SMILES string of the molecule is NCC[C@H](O)c1nc(C(F)(F)F)no1. The van der Waals surface area contributed by atoms with Gasteiger partial charge in [-0.1, -0.05) is 5.16 Å². The van der Waals surface area contributed by atoms with E-state index in [0.29, 0.717) is 0 Å². The molecule has 1 heterocycles. The van der Waals surface area contributed by atoms with Crippen LogP contribution < -0.4 is 5.73 Å². The Kier molecular flexibility index (Phi) is 3.06. The normalized spacial score (nSPS) is 14.4. The summed E-state index contributed by atoms with van der Waals surface area (Å²) in [6.45, 7) is 0.116. The summed E-state index contributed by atoms with van der Waals surface area (Å²) in [6, 6.07) is 0. The van der Waals surface area contributed by atoms with E-state index in [9.17, 15) is 13.2 Å². The number of rotatable bonds is 3. The van der Waals surface area contributed by atoms with Crippen LogP contribution in [0.3, 0.4) is 0 Å². The number of nitrogens with two attached hydrogens (primary N) is 1. The Morgan fingerprint density at radius 2 is 2.14 bits per heavy atom. The number of hydrogen-bond acceptors (Lipinski definition) is 5. The van der Waals surface area contributed by atoms with Crippen LogP contribution in [-0.4, -0.2) is 21.8 Å². The lowest BCUT2D eigenvalue weighted by Crippen LogP contribution is -2.09. The second-order valence-electron chi connectivity index (χ2n) is 2.55. The first kappa shape index (κ1) is 10.9. The summed E-state index contributed by atoms with van der Waals surface area (Å²) < 4.78 is 40.1. The van der Waals surface area contributed by atoms with Gasteiger partial charge in [0.25, 0.3) is 11.7 Å². The van der Waals surface area contributed by atoms with E-state index in [2.05, 4.69) is 14.7 Å². The summed E-state index contributed by atoms with van der Waals surface area (Å²) in [5.41, 5.74) is 5.09. The molecular weight excluding hydrogens is 203 g/mol. The van der Waals surface area contributed by atoms with Crippen molar-refractivity contribution >= 4 is 0 Å². The quantitative estimate of drug-likeness (QED) is 0.759. The van der Waals surface area contributed by atoms with Crippen LogP contribution in [-0.2, 0) is 6.18 Å². The van der Waals surface area contributed by atoms with Crippen molar-refractivity contribution in [2.75, 3.05) is 6.54 Å². The van der Waals surface area contributed by atoms with Crippen LogP contribution in [0.2, 0.25) is 0 Å². The minimum Gasteiger partial charge on any atom is -0.383 e. The highest BCUT2D eigenvalue weighted by Gasteiger charge is 2.37. The predicted molar refractivity (Wildman–Crippen MR) is 37.9 cm³/mol. The van der Waals surface area contributed by atoms with Gasteiger partial charge in [0.05, 0.1) is 0 Å². The molecule has 1 aromatic heterocycles. The summed E-state index contributed by atoms with van der Waals surface area (Å²) >= 11 is 0. The monoisotopic (exact) mass is 211 g/mol. The first-order chi connectivity index (χ1) is 6.45. The van der Waals surface area contributed by atoms with E-state index in [1.165, 1.54) is 0 Å². The first-order valence-electron chi connectivity index (χ1n) is 3.74. The molecule has 1 rings (SSSR count). The fourth-order valence-electron chi connectivity index (χ4n) is 0.767. The van der Waals surface area contributed by atoms with E-state index in [0.717, 1.165) is 0 Å². The first-order valence-corrected chi connectivity index (χ1v) is 3.74. The molecule has 80 valence electrons. The molecular formula is C6H8F3N3O2. The zero-order chi connectivity index (χ0) is 10.8. The van der Waals surface area contributed by atoms with Gasteiger partial charge in [-0.3, -0.25) is 0 Å². The lowest BCUT2D eigenvalue weighted by atomic mass is 10.2. The van der Waals surface area contributed by atoms with Gasteiger partial charge in [0.2, 0.25) is 0 Å². The van der Waals surface area contributed by atoms with E-state index in [-0.39, 0.29) is 13.0 Å². The van der Waals surface area contributed by atoms with Gasteiger partial charge in [0.1, 0.15) is 6.10 Å². The van der Waals surface area contributed by atoms with Crippen molar-refractivity contribution in [3.05, 3.63) is 11.7 Å². The smallest absolute Gasteiger partial charge is 0.383 e. The molecule has 0 aliphatic carbocycles. The molecule has 0 aliphatic heterocycles. The molecule has 0 aromatic carbocycles. The Balaban J connectivity index is 2.78. The van der Waals surface area contributed by atoms with E-state index >= 15 is 0 Å². The van der Waals surface area contributed by atoms with E-state index in [4.69, 9.17) is 10.8 Å². The second kappa shape index (κ2) is 3.93. The standard InChI is InChI=1S/C6H8F3N3O2/c7-6(8,9)5-11-4(14-12-5)3(13)1-2-10/h3,13H,1-2,10H2/t3-/m0/s1. The topological polar surface area (TPSA) is 85.2 Å². The molecule has 3 N–H and O–H groups in total. The van der Waals surface area contributed by atoms with Gasteiger partial charge in [-0.2, -0.15) is 18.2 Å². The van der Waals surface area contributed by atoms with Crippen molar-refractivity contribution in [3.8, 4) is 0 Å². The maximum Gasteiger partial charge on any atom is 0.455 e. The number of alkyl halides is 3. The molecule has 8 heteroatoms. The molecule has 0 amide bonds. The van der Waals surface area contributed by atoms with E-state index in [1.807, 2.05) is 0 Å². The molecule has 0 unspecified atom stereocenters. The maximum atomic E-state index is 12.0. The van der Waals surface area contributed by atoms with Crippen LogP contribution >= 0.6 is 0 Å². The minimum absolute atomic E-state index is 0.0689. The van der Waals surface area contributed by atoms with E-state index in [1.54, 1.807) is 0 Å². The highest BCUT2D eigenvalue weighted by atomic mass is 19.4. The maximum absolute atomic E-state index is 12.0. The third-order valence-electron chi connectivity index (χ3n) is 1.42. The number of aromatic nitrogens is 2. The predicted octanol–water partition coefficient (Wildman–Crippen LogP) is 0.471. The number of aliphatic hydroxyl groups is 1. The van der Waals surface area contributed by atoms with Crippen LogP contribution in [0.4, 0.5) is 13.2 Å². The van der Waals surface area contributed by atoms with Crippen LogP contribution in [0.5, 0.6) is 0 Å². The molecule has 0 saturated carbocycles. The van der Waals surface area contributed by atoms with Crippen molar-refractivity contribution in [1.29, 1.82) is 0 Å². The molecule has 0 aliphatic rings. The average molecular weight is 211 g/mol. The molecule has 5 nitrogen and oxygen atoms in total. The molecule has 1 aromatic rings. The number of halogens is 3. The Morgan fingerprint density at radius 3 is 2.57 bits per heavy atom. The van der Waals surface area contributed by atoms with E-state index < -0.39 is 24.0 Å². The summed E-state index contributed by atoms with van der Waals surface area (Å²) in [4.78, 5) is 2.99.